The topological polar surface area (TPSA) is 131 Å². The van der Waals surface area contributed by atoms with Crippen LogP contribution in [-0.2, 0) is 17.5 Å². The fourth-order valence-corrected chi connectivity index (χ4v) is 5.54. The van der Waals surface area contributed by atoms with Crippen LogP contribution in [0.4, 0.5) is 24.8 Å². The van der Waals surface area contributed by atoms with Crippen molar-refractivity contribution in [1.29, 1.82) is 0 Å². The lowest BCUT2D eigenvalue weighted by Gasteiger charge is -2.34. The van der Waals surface area contributed by atoms with E-state index in [-0.39, 0.29) is 17.5 Å². The molecule has 1 saturated carbocycles. The number of carbonyl (C=O) groups excluding carboxylic acids is 1. The highest BCUT2D eigenvalue weighted by Gasteiger charge is 2.34. The fraction of sp³-hybridized carbons (Fsp3) is 0.387. The third-order valence-corrected chi connectivity index (χ3v) is 8.09. The second-order valence-corrected chi connectivity index (χ2v) is 11.0. The largest absolute Gasteiger partial charge is 0.480 e. The molecule has 1 aliphatic heterocycles. The van der Waals surface area contributed by atoms with E-state index in [4.69, 9.17) is 4.74 Å². The number of hydrogen-bond donors (Lipinski definition) is 2. The number of halogens is 3. The number of aromatic nitrogens is 6. The number of amides is 1. The predicted octanol–water partition coefficient (Wildman–Crippen LogP) is 4.87. The van der Waals surface area contributed by atoms with Gasteiger partial charge < -0.3 is 20.3 Å². The number of carbonyl (C=O) groups is 1. The lowest BCUT2D eigenvalue weighted by Crippen LogP contribution is -2.39. The fourth-order valence-electron chi connectivity index (χ4n) is 5.54. The molecule has 1 amide bonds. The highest BCUT2D eigenvalue weighted by atomic mass is 19.4. The monoisotopic (exact) mass is 619 g/mol. The van der Waals surface area contributed by atoms with Gasteiger partial charge in [0.1, 0.15) is 23.9 Å². The van der Waals surface area contributed by atoms with Gasteiger partial charge in [0.15, 0.2) is 5.82 Å². The minimum Gasteiger partial charge on any atom is -0.480 e. The Labute approximate surface area is 257 Å². The number of nitrogens with zero attached hydrogens (tertiary/aromatic N) is 7. The van der Waals surface area contributed by atoms with Crippen LogP contribution >= 0.6 is 0 Å². The number of hydrogen-bond acceptors (Lipinski definition) is 10. The molecule has 11 nitrogen and oxygen atoms in total. The number of alkyl halides is 3. The van der Waals surface area contributed by atoms with Gasteiger partial charge in [-0.05, 0) is 43.4 Å². The zero-order chi connectivity index (χ0) is 31.6. The van der Waals surface area contributed by atoms with E-state index in [0.717, 1.165) is 30.2 Å². The first kappa shape index (κ1) is 30.2. The smallest absolute Gasteiger partial charge is 0.433 e. The number of anilines is 2. The number of rotatable bonds is 9. The van der Waals surface area contributed by atoms with Crippen molar-refractivity contribution in [2.75, 3.05) is 37.5 Å². The molecule has 14 heteroatoms. The van der Waals surface area contributed by atoms with E-state index in [1.54, 1.807) is 26.3 Å². The SMILES string of the molecule is CNC(=O)C1CCN(c2ccc(C(F)(F)F)nc2-c2ccc(CNc3ncnc(-c4c(OC)ncnc4C4CC4)n3)cc2)CC1. The molecule has 2 N–H and O–H groups in total. The minimum absolute atomic E-state index is 0.0187. The van der Waals surface area contributed by atoms with E-state index in [9.17, 15) is 18.0 Å². The van der Waals surface area contributed by atoms with Crippen molar-refractivity contribution in [2.24, 2.45) is 5.92 Å². The maximum atomic E-state index is 13.6. The van der Waals surface area contributed by atoms with E-state index in [2.05, 4.69) is 40.5 Å². The molecule has 1 aliphatic carbocycles. The number of benzene rings is 1. The summed E-state index contributed by atoms with van der Waals surface area (Å²) in [6, 6.07) is 9.65. The Morgan fingerprint density at radius 2 is 1.69 bits per heavy atom. The van der Waals surface area contributed by atoms with Crippen LogP contribution < -0.4 is 20.3 Å². The Kier molecular flexibility index (Phi) is 8.46. The molecule has 1 saturated heterocycles. The third kappa shape index (κ3) is 6.64. The molecule has 2 aliphatic rings. The van der Waals surface area contributed by atoms with Crippen LogP contribution in [0.5, 0.6) is 5.88 Å². The maximum absolute atomic E-state index is 13.6. The third-order valence-electron chi connectivity index (χ3n) is 8.09. The van der Waals surface area contributed by atoms with E-state index < -0.39 is 11.9 Å². The zero-order valence-corrected chi connectivity index (χ0v) is 24.8. The normalized spacial score (nSPS) is 15.5. The highest BCUT2D eigenvalue weighted by molar-refractivity contribution is 5.79. The summed E-state index contributed by atoms with van der Waals surface area (Å²) >= 11 is 0. The van der Waals surface area contributed by atoms with Crippen LogP contribution in [0.2, 0.25) is 0 Å². The predicted molar refractivity (Wildman–Crippen MR) is 160 cm³/mol. The van der Waals surface area contributed by atoms with Crippen molar-refractivity contribution in [2.45, 2.75) is 44.3 Å². The standard InChI is InChI=1S/C31H32F3N9O2/c1-35-28(44)21-11-13-43(14-12-21)22-9-10-23(31(32,33)34)41-25(22)19-5-3-18(4-6-19)15-36-30-40-17-38-27(42-30)24-26(20-7-8-20)37-16-39-29(24)45-2/h3-6,9-10,16-17,20-21H,7-8,11-15H2,1-2H3,(H,35,44)(H,36,38,40,42). The molecule has 0 unspecified atom stereocenters. The van der Waals surface area contributed by atoms with Gasteiger partial charge in [0.2, 0.25) is 17.7 Å². The molecular formula is C31H32F3N9O2. The van der Waals surface area contributed by atoms with E-state index >= 15 is 0 Å². The van der Waals surface area contributed by atoms with Gasteiger partial charge in [-0.3, -0.25) is 4.79 Å². The number of nitrogens with one attached hydrogen (secondary N) is 2. The minimum atomic E-state index is -4.58. The van der Waals surface area contributed by atoms with Crippen molar-refractivity contribution < 1.29 is 22.7 Å². The molecule has 3 aromatic heterocycles. The van der Waals surface area contributed by atoms with Crippen LogP contribution in [0.1, 0.15) is 48.6 Å². The van der Waals surface area contributed by atoms with E-state index in [1.165, 1.54) is 18.7 Å². The molecule has 0 bridgehead atoms. The van der Waals surface area contributed by atoms with Crippen LogP contribution in [-0.4, -0.2) is 63.1 Å². The van der Waals surface area contributed by atoms with Gasteiger partial charge in [-0.2, -0.15) is 18.2 Å². The summed E-state index contributed by atoms with van der Waals surface area (Å²) in [6.07, 6.45) is 1.59. The van der Waals surface area contributed by atoms with Crippen LogP contribution in [0.3, 0.4) is 0 Å². The van der Waals surface area contributed by atoms with Gasteiger partial charge >= 0.3 is 6.18 Å². The first-order chi connectivity index (χ1) is 21.7. The highest BCUT2D eigenvalue weighted by Crippen LogP contribution is 2.44. The Morgan fingerprint density at radius 1 is 0.956 bits per heavy atom. The van der Waals surface area contributed by atoms with Gasteiger partial charge in [0, 0.05) is 44.1 Å². The van der Waals surface area contributed by atoms with Crippen LogP contribution in [0.25, 0.3) is 22.6 Å². The van der Waals surface area contributed by atoms with Crippen molar-refractivity contribution in [3.8, 4) is 28.5 Å². The van der Waals surface area contributed by atoms with Crippen LogP contribution in [0.15, 0.2) is 49.1 Å². The average Bonchev–Trinajstić information content (AvgIpc) is 3.92. The van der Waals surface area contributed by atoms with Gasteiger partial charge in [-0.1, -0.05) is 24.3 Å². The lowest BCUT2D eigenvalue weighted by molar-refractivity contribution is -0.141. The number of pyridine rings is 1. The number of piperidine rings is 1. The number of ether oxygens (including phenoxy) is 1. The molecule has 1 aromatic carbocycles. The Bertz CT molecular complexity index is 1670. The molecular weight excluding hydrogens is 587 g/mol. The van der Waals surface area contributed by atoms with Gasteiger partial charge in [-0.25, -0.2) is 24.9 Å². The summed E-state index contributed by atoms with van der Waals surface area (Å²) in [6.45, 7) is 1.44. The van der Waals surface area contributed by atoms with Crippen LogP contribution in [0, 0.1) is 5.92 Å². The molecule has 0 spiro atoms. The van der Waals surface area contributed by atoms with Gasteiger partial charge in [0.05, 0.1) is 24.2 Å². The average molecular weight is 620 g/mol. The first-order valence-corrected chi connectivity index (χ1v) is 14.7. The van der Waals surface area contributed by atoms with Gasteiger partial charge in [-0.15, -0.1) is 0 Å². The molecule has 234 valence electrons. The van der Waals surface area contributed by atoms with Crippen molar-refractivity contribution in [3.63, 3.8) is 0 Å². The summed E-state index contributed by atoms with van der Waals surface area (Å²) < 4.78 is 46.4. The molecule has 4 aromatic rings. The second kappa shape index (κ2) is 12.6. The Balaban J connectivity index is 1.20. The molecule has 0 radical (unpaired) electrons. The van der Waals surface area contributed by atoms with Gasteiger partial charge in [0.25, 0.3) is 0 Å². The molecule has 2 fully saturated rings. The Morgan fingerprint density at radius 3 is 2.36 bits per heavy atom. The maximum Gasteiger partial charge on any atom is 0.433 e. The molecule has 4 heterocycles. The van der Waals surface area contributed by atoms with Crippen molar-refractivity contribution >= 4 is 17.5 Å². The lowest BCUT2D eigenvalue weighted by atomic mass is 9.95. The van der Waals surface area contributed by atoms with Crippen molar-refractivity contribution in [3.05, 3.63) is 66.0 Å². The molecule has 6 rings (SSSR count). The van der Waals surface area contributed by atoms with Crippen molar-refractivity contribution in [1.82, 2.24) is 35.2 Å². The second-order valence-electron chi connectivity index (χ2n) is 11.0. The van der Waals surface area contributed by atoms with E-state index in [0.29, 0.717) is 72.9 Å². The Hall–Kier alpha value is -4.88. The summed E-state index contributed by atoms with van der Waals surface area (Å²) in [7, 11) is 3.15. The zero-order valence-electron chi connectivity index (χ0n) is 24.8. The van der Waals surface area contributed by atoms with E-state index in [1.807, 2.05) is 17.0 Å². The quantitative estimate of drug-likeness (QED) is 0.268. The summed E-state index contributed by atoms with van der Waals surface area (Å²) in [5, 5.41) is 5.87. The summed E-state index contributed by atoms with van der Waals surface area (Å²) in [5.41, 5.74) is 2.82. The molecule has 45 heavy (non-hydrogen) atoms. The number of methoxy groups -OCH3 is 1. The summed E-state index contributed by atoms with van der Waals surface area (Å²) in [4.78, 5) is 40.0. The summed E-state index contributed by atoms with van der Waals surface area (Å²) in [5.74, 6) is 1.34. The molecule has 0 atom stereocenters. The first-order valence-electron chi connectivity index (χ1n) is 14.7.